The summed E-state index contributed by atoms with van der Waals surface area (Å²) in [5, 5.41) is 4.25. The summed E-state index contributed by atoms with van der Waals surface area (Å²) in [5.74, 6) is 0. The zero-order chi connectivity index (χ0) is 18.7. The van der Waals surface area contributed by atoms with Crippen molar-refractivity contribution in [1.29, 1.82) is 0 Å². The Hall–Kier alpha value is -1.72. The lowest BCUT2D eigenvalue weighted by Crippen LogP contribution is -2.39. The van der Waals surface area contributed by atoms with Gasteiger partial charge in [0.15, 0.2) is 0 Å². The van der Waals surface area contributed by atoms with Crippen molar-refractivity contribution in [2.75, 3.05) is 18.4 Å². The van der Waals surface area contributed by atoms with Gasteiger partial charge in [-0.15, -0.1) is 0 Å². The van der Waals surface area contributed by atoms with E-state index >= 15 is 0 Å². The first-order valence-electron chi connectivity index (χ1n) is 8.73. The first kappa shape index (κ1) is 19.1. The number of alkyl halides is 3. The van der Waals surface area contributed by atoms with Crippen molar-refractivity contribution in [2.45, 2.75) is 38.5 Å². The molecule has 26 heavy (non-hydrogen) atoms. The van der Waals surface area contributed by atoms with Crippen molar-refractivity contribution in [3.63, 3.8) is 0 Å². The van der Waals surface area contributed by atoms with Crippen LogP contribution >= 0.6 is 11.6 Å². The van der Waals surface area contributed by atoms with E-state index in [2.05, 4.69) is 10.2 Å². The molecule has 0 saturated carbocycles. The minimum Gasteiger partial charge on any atom is -0.382 e. The lowest BCUT2D eigenvalue weighted by Gasteiger charge is -2.33. The zero-order valence-corrected chi connectivity index (χ0v) is 15.4. The number of nitrogens with zero attached hydrogens (tertiary/aromatic N) is 1. The predicted molar refractivity (Wildman–Crippen MR) is 99.6 cm³/mol. The number of piperidine rings is 1. The molecule has 1 saturated heterocycles. The highest BCUT2D eigenvalue weighted by Gasteiger charge is 2.33. The molecule has 1 heterocycles. The van der Waals surface area contributed by atoms with Crippen LogP contribution in [0.5, 0.6) is 0 Å². The van der Waals surface area contributed by atoms with Gasteiger partial charge in [0.2, 0.25) is 0 Å². The van der Waals surface area contributed by atoms with Crippen LogP contribution in [0.2, 0.25) is 5.02 Å². The average Bonchev–Trinajstić information content (AvgIpc) is 2.60. The Morgan fingerprint density at radius 2 is 1.77 bits per heavy atom. The van der Waals surface area contributed by atoms with Crippen LogP contribution in [0.4, 0.5) is 18.9 Å². The van der Waals surface area contributed by atoms with Crippen LogP contribution in [0.3, 0.4) is 0 Å². The van der Waals surface area contributed by atoms with Gasteiger partial charge in [0.25, 0.3) is 0 Å². The van der Waals surface area contributed by atoms with Gasteiger partial charge in [-0.3, -0.25) is 4.90 Å². The van der Waals surface area contributed by atoms with E-state index in [0.29, 0.717) is 18.2 Å². The maximum absolute atomic E-state index is 13.1. The van der Waals surface area contributed by atoms with Crippen LogP contribution < -0.4 is 5.32 Å². The molecule has 2 nitrogen and oxygen atoms in total. The fraction of sp³-hybridized carbons (Fsp3) is 0.400. The third kappa shape index (κ3) is 4.51. The molecule has 1 aliphatic heterocycles. The Morgan fingerprint density at radius 3 is 2.46 bits per heavy atom. The van der Waals surface area contributed by atoms with Gasteiger partial charge in [0.1, 0.15) is 0 Å². The van der Waals surface area contributed by atoms with Gasteiger partial charge < -0.3 is 5.32 Å². The summed E-state index contributed by atoms with van der Waals surface area (Å²) in [6.07, 6.45) is -2.53. The van der Waals surface area contributed by atoms with E-state index in [1.807, 2.05) is 25.1 Å². The molecular formula is C20H22ClF3N2. The quantitative estimate of drug-likeness (QED) is 0.724. The maximum atomic E-state index is 13.1. The van der Waals surface area contributed by atoms with Gasteiger partial charge in [0, 0.05) is 36.4 Å². The standard InChI is InChI=1S/C20H22ClF3N2/c1-14-18(21)7-4-8-19(14)25-16-9-11-26(12-10-16)13-15-5-2-3-6-17(15)20(22,23)24/h2-8,16,25H,9-13H2,1H3. The normalized spacial score (nSPS) is 16.7. The van der Waals surface area contributed by atoms with Crippen molar-refractivity contribution in [3.8, 4) is 0 Å². The lowest BCUT2D eigenvalue weighted by atomic mass is 10.0. The SMILES string of the molecule is Cc1c(Cl)cccc1NC1CCN(Cc2ccccc2C(F)(F)F)CC1. The van der Waals surface area contributed by atoms with Crippen molar-refractivity contribution in [3.05, 3.63) is 64.2 Å². The number of halogens is 4. The molecular weight excluding hydrogens is 361 g/mol. The van der Waals surface area contributed by atoms with E-state index in [-0.39, 0.29) is 0 Å². The van der Waals surface area contributed by atoms with Crippen LogP contribution in [0.1, 0.15) is 29.5 Å². The molecule has 0 unspecified atom stereocenters. The molecule has 0 amide bonds. The van der Waals surface area contributed by atoms with Gasteiger partial charge in [-0.2, -0.15) is 13.2 Å². The third-order valence-corrected chi connectivity index (χ3v) is 5.34. The molecule has 0 aromatic heterocycles. The van der Waals surface area contributed by atoms with Crippen molar-refractivity contribution in [2.24, 2.45) is 0 Å². The summed E-state index contributed by atoms with van der Waals surface area (Å²) >= 11 is 6.16. The molecule has 0 aliphatic carbocycles. The number of hydrogen-bond acceptors (Lipinski definition) is 2. The first-order valence-corrected chi connectivity index (χ1v) is 9.11. The fourth-order valence-electron chi connectivity index (χ4n) is 3.39. The lowest BCUT2D eigenvalue weighted by molar-refractivity contribution is -0.138. The topological polar surface area (TPSA) is 15.3 Å². The summed E-state index contributed by atoms with van der Waals surface area (Å²) in [7, 11) is 0. The van der Waals surface area contributed by atoms with E-state index < -0.39 is 11.7 Å². The summed E-state index contributed by atoms with van der Waals surface area (Å²) in [6, 6.07) is 11.9. The highest BCUT2D eigenvalue weighted by Crippen LogP contribution is 2.33. The van der Waals surface area contributed by atoms with Gasteiger partial charge in [-0.25, -0.2) is 0 Å². The van der Waals surface area contributed by atoms with E-state index in [1.54, 1.807) is 12.1 Å². The number of anilines is 1. The molecule has 0 bridgehead atoms. The number of rotatable bonds is 4. The highest BCUT2D eigenvalue weighted by atomic mass is 35.5. The molecule has 2 aromatic rings. The Balaban J connectivity index is 1.59. The fourth-order valence-corrected chi connectivity index (χ4v) is 3.57. The third-order valence-electron chi connectivity index (χ3n) is 4.93. The Labute approximate surface area is 157 Å². The van der Waals surface area contributed by atoms with Crippen molar-refractivity contribution >= 4 is 17.3 Å². The molecule has 1 fully saturated rings. The summed E-state index contributed by atoms with van der Waals surface area (Å²) in [4.78, 5) is 2.09. The summed E-state index contributed by atoms with van der Waals surface area (Å²) in [5.41, 5.74) is 1.86. The molecule has 0 radical (unpaired) electrons. The van der Waals surface area contributed by atoms with E-state index in [0.717, 1.165) is 48.3 Å². The Morgan fingerprint density at radius 1 is 1.08 bits per heavy atom. The van der Waals surface area contributed by atoms with Gasteiger partial charge in [-0.05, 0) is 49.1 Å². The Bertz CT molecular complexity index is 753. The molecule has 6 heteroatoms. The molecule has 140 valence electrons. The molecule has 1 aliphatic rings. The van der Waals surface area contributed by atoms with Crippen LogP contribution in [0.15, 0.2) is 42.5 Å². The second-order valence-electron chi connectivity index (χ2n) is 6.76. The van der Waals surface area contributed by atoms with E-state index in [9.17, 15) is 13.2 Å². The molecule has 0 atom stereocenters. The molecule has 2 aromatic carbocycles. The number of hydrogen-bond donors (Lipinski definition) is 1. The second-order valence-corrected chi connectivity index (χ2v) is 7.17. The van der Waals surface area contributed by atoms with Gasteiger partial charge in [-0.1, -0.05) is 35.9 Å². The smallest absolute Gasteiger partial charge is 0.382 e. The minimum absolute atomic E-state index is 0.307. The predicted octanol–water partition coefficient (Wildman–Crippen LogP) is 5.74. The zero-order valence-electron chi connectivity index (χ0n) is 14.6. The van der Waals surface area contributed by atoms with Crippen LogP contribution in [-0.4, -0.2) is 24.0 Å². The van der Waals surface area contributed by atoms with Crippen LogP contribution in [0.25, 0.3) is 0 Å². The minimum atomic E-state index is -4.30. The van der Waals surface area contributed by atoms with Crippen LogP contribution in [0, 0.1) is 6.92 Å². The van der Waals surface area contributed by atoms with E-state index in [4.69, 9.17) is 11.6 Å². The number of benzene rings is 2. The molecule has 0 spiro atoms. The summed E-state index contributed by atoms with van der Waals surface area (Å²) in [6.45, 7) is 3.85. The van der Waals surface area contributed by atoms with Crippen molar-refractivity contribution < 1.29 is 13.2 Å². The van der Waals surface area contributed by atoms with Gasteiger partial charge in [0.05, 0.1) is 5.56 Å². The largest absolute Gasteiger partial charge is 0.416 e. The highest BCUT2D eigenvalue weighted by molar-refractivity contribution is 6.31. The van der Waals surface area contributed by atoms with Crippen molar-refractivity contribution in [1.82, 2.24) is 4.90 Å². The number of likely N-dealkylation sites (tertiary alicyclic amines) is 1. The second kappa shape index (κ2) is 7.89. The Kier molecular flexibility index (Phi) is 5.78. The first-order chi connectivity index (χ1) is 12.3. The monoisotopic (exact) mass is 382 g/mol. The molecule has 3 rings (SSSR count). The summed E-state index contributed by atoms with van der Waals surface area (Å²) < 4.78 is 39.4. The number of nitrogens with one attached hydrogen (secondary N) is 1. The average molecular weight is 383 g/mol. The van der Waals surface area contributed by atoms with E-state index in [1.165, 1.54) is 6.07 Å². The van der Waals surface area contributed by atoms with Gasteiger partial charge >= 0.3 is 6.18 Å². The van der Waals surface area contributed by atoms with Crippen LogP contribution in [-0.2, 0) is 12.7 Å². The molecule has 1 N–H and O–H groups in total. The maximum Gasteiger partial charge on any atom is 0.416 e.